The van der Waals surface area contributed by atoms with Crippen LogP contribution in [0.5, 0.6) is 0 Å². The van der Waals surface area contributed by atoms with Gasteiger partial charge in [0.15, 0.2) is 0 Å². The van der Waals surface area contributed by atoms with Crippen molar-refractivity contribution in [3.05, 3.63) is 41.5 Å². The van der Waals surface area contributed by atoms with E-state index >= 15 is 0 Å². The van der Waals surface area contributed by atoms with E-state index in [0.29, 0.717) is 0 Å². The van der Waals surface area contributed by atoms with Crippen molar-refractivity contribution < 1.29 is 4.79 Å². The number of hydrogen-bond acceptors (Lipinski definition) is 1. The van der Waals surface area contributed by atoms with Gasteiger partial charge in [0, 0.05) is 5.69 Å². The van der Waals surface area contributed by atoms with E-state index in [2.05, 4.69) is 5.32 Å². The zero-order valence-corrected chi connectivity index (χ0v) is 8.79. The van der Waals surface area contributed by atoms with Crippen molar-refractivity contribution in [3.8, 4) is 0 Å². The van der Waals surface area contributed by atoms with Crippen LogP contribution < -0.4 is 5.32 Å². The number of benzene rings is 1. The second-order valence-corrected chi connectivity index (χ2v) is 3.26. The third-order valence-corrected chi connectivity index (χ3v) is 2.05. The lowest BCUT2D eigenvalue weighted by molar-refractivity contribution is -0.111. The third kappa shape index (κ3) is 2.46. The highest BCUT2D eigenvalue weighted by Crippen LogP contribution is 2.19. The van der Waals surface area contributed by atoms with E-state index < -0.39 is 0 Å². The second-order valence-electron chi connectivity index (χ2n) is 3.26. The summed E-state index contributed by atoms with van der Waals surface area (Å²) in [6, 6.07) is 5.95. The normalized spacial score (nSPS) is 10.5. The lowest BCUT2D eigenvalue weighted by atomic mass is 10.1. The Morgan fingerprint density at radius 2 is 1.86 bits per heavy atom. The highest BCUT2D eigenvalue weighted by molar-refractivity contribution is 6.00. The summed E-state index contributed by atoms with van der Waals surface area (Å²) in [5.74, 6) is -0.0788. The van der Waals surface area contributed by atoms with Crippen LogP contribution in [-0.2, 0) is 4.79 Å². The molecule has 2 heteroatoms. The summed E-state index contributed by atoms with van der Waals surface area (Å²) >= 11 is 0. The molecule has 14 heavy (non-hydrogen) atoms. The molecular weight excluding hydrogens is 174 g/mol. The summed E-state index contributed by atoms with van der Waals surface area (Å²) < 4.78 is 0. The molecule has 0 spiro atoms. The van der Waals surface area contributed by atoms with Crippen molar-refractivity contribution >= 4 is 11.6 Å². The Morgan fingerprint density at radius 3 is 2.36 bits per heavy atom. The second kappa shape index (κ2) is 4.61. The highest BCUT2D eigenvalue weighted by atomic mass is 16.1. The van der Waals surface area contributed by atoms with E-state index in [1.807, 2.05) is 39.0 Å². The number of hydrogen-bond donors (Lipinski definition) is 1. The molecule has 0 radical (unpaired) electrons. The summed E-state index contributed by atoms with van der Waals surface area (Å²) in [6.07, 6.45) is 3.24. The summed E-state index contributed by atoms with van der Waals surface area (Å²) in [6.45, 7) is 5.79. The van der Waals surface area contributed by atoms with Crippen molar-refractivity contribution in [3.63, 3.8) is 0 Å². The number of carbonyl (C=O) groups excluding carboxylic acids is 1. The first-order valence-electron chi connectivity index (χ1n) is 4.65. The monoisotopic (exact) mass is 189 g/mol. The van der Waals surface area contributed by atoms with Crippen molar-refractivity contribution in [2.24, 2.45) is 0 Å². The molecule has 0 aliphatic carbocycles. The predicted molar refractivity (Wildman–Crippen MR) is 59.4 cm³/mol. The van der Waals surface area contributed by atoms with E-state index in [0.717, 1.165) is 16.8 Å². The molecule has 1 N–H and O–H groups in total. The van der Waals surface area contributed by atoms with E-state index in [4.69, 9.17) is 0 Å². The Labute approximate surface area is 84.6 Å². The fraction of sp³-hybridized carbons (Fsp3) is 0.250. The van der Waals surface area contributed by atoms with Crippen LogP contribution >= 0.6 is 0 Å². The summed E-state index contributed by atoms with van der Waals surface area (Å²) in [5.41, 5.74) is 3.08. The average Bonchev–Trinajstić information content (AvgIpc) is 2.12. The standard InChI is InChI=1S/C12H15NO/c1-4-6-11(14)13-12-9(2)7-5-8-10(12)3/h4-8H,1-3H3,(H,13,14). The maximum Gasteiger partial charge on any atom is 0.248 e. The van der Waals surface area contributed by atoms with Crippen molar-refractivity contribution in [2.75, 3.05) is 5.32 Å². The lowest BCUT2D eigenvalue weighted by Crippen LogP contribution is -2.10. The molecule has 0 unspecified atom stereocenters. The first-order valence-corrected chi connectivity index (χ1v) is 4.65. The molecule has 0 aliphatic heterocycles. The van der Waals surface area contributed by atoms with E-state index in [1.165, 1.54) is 6.08 Å². The number of aryl methyl sites for hydroxylation is 2. The average molecular weight is 189 g/mol. The molecule has 0 saturated heterocycles. The summed E-state index contributed by atoms with van der Waals surface area (Å²) in [5, 5.41) is 2.85. The minimum atomic E-state index is -0.0788. The van der Waals surface area contributed by atoms with Crippen LogP contribution in [0.3, 0.4) is 0 Å². The molecule has 1 aromatic rings. The van der Waals surface area contributed by atoms with Crippen molar-refractivity contribution in [1.29, 1.82) is 0 Å². The van der Waals surface area contributed by atoms with Crippen LogP contribution in [0.4, 0.5) is 5.69 Å². The van der Waals surface area contributed by atoms with Gasteiger partial charge in [-0.25, -0.2) is 0 Å². The number of anilines is 1. The molecule has 0 aromatic heterocycles. The molecule has 1 amide bonds. The zero-order valence-electron chi connectivity index (χ0n) is 8.79. The van der Waals surface area contributed by atoms with Crippen LogP contribution in [0.1, 0.15) is 18.1 Å². The van der Waals surface area contributed by atoms with Crippen LogP contribution in [-0.4, -0.2) is 5.91 Å². The summed E-state index contributed by atoms with van der Waals surface area (Å²) in [7, 11) is 0. The number of allylic oxidation sites excluding steroid dienone is 1. The van der Waals surface area contributed by atoms with E-state index in [9.17, 15) is 4.79 Å². The van der Waals surface area contributed by atoms with Crippen molar-refractivity contribution in [2.45, 2.75) is 20.8 Å². The van der Waals surface area contributed by atoms with E-state index in [1.54, 1.807) is 6.08 Å². The first-order chi connectivity index (χ1) is 6.65. The van der Waals surface area contributed by atoms with Gasteiger partial charge in [0.25, 0.3) is 0 Å². The predicted octanol–water partition coefficient (Wildman–Crippen LogP) is 2.82. The highest BCUT2D eigenvalue weighted by Gasteiger charge is 2.03. The molecule has 1 rings (SSSR count). The molecule has 0 fully saturated rings. The molecule has 0 atom stereocenters. The Morgan fingerprint density at radius 1 is 1.29 bits per heavy atom. The maximum absolute atomic E-state index is 11.3. The van der Waals surface area contributed by atoms with Crippen LogP contribution in [0.15, 0.2) is 30.4 Å². The van der Waals surface area contributed by atoms with Crippen LogP contribution in [0.2, 0.25) is 0 Å². The largest absolute Gasteiger partial charge is 0.322 e. The molecule has 1 aromatic carbocycles. The Bertz CT molecular complexity index is 346. The van der Waals surface area contributed by atoms with Gasteiger partial charge in [-0.3, -0.25) is 4.79 Å². The van der Waals surface area contributed by atoms with Gasteiger partial charge in [0.1, 0.15) is 0 Å². The van der Waals surface area contributed by atoms with Gasteiger partial charge in [-0.2, -0.15) is 0 Å². The van der Waals surface area contributed by atoms with Gasteiger partial charge in [-0.15, -0.1) is 0 Å². The van der Waals surface area contributed by atoms with Gasteiger partial charge < -0.3 is 5.32 Å². The van der Waals surface area contributed by atoms with Crippen LogP contribution in [0, 0.1) is 13.8 Å². The maximum atomic E-state index is 11.3. The van der Waals surface area contributed by atoms with Gasteiger partial charge >= 0.3 is 0 Å². The fourth-order valence-corrected chi connectivity index (χ4v) is 1.33. The molecule has 74 valence electrons. The fourth-order valence-electron chi connectivity index (χ4n) is 1.33. The topological polar surface area (TPSA) is 29.1 Å². The number of carbonyl (C=O) groups is 1. The summed E-state index contributed by atoms with van der Waals surface area (Å²) in [4.78, 5) is 11.3. The minimum Gasteiger partial charge on any atom is -0.322 e. The Kier molecular flexibility index (Phi) is 3.46. The van der Waals surface area contributed by atoms with Crippen LogP contribution in [0.25, 0.3) is 0 Å². The zero-order chi connectivity index (χ0) is 10.6. The molecule has 0 heterocycles. The quantitative estimate of drug-likeness (QED) is 0.712. The first kappa shape index (κ1) is 10.5. The number of nitrogens with one attached hydrogen (secondary N) is 1. The molecule has 0 bridgehead atoms. The van der Waals surface area contributed by atoms with Crippen molar-refractivity contribution in [1.82, 2.24) is 0 Å². The Balaban J connectivity index is 2.91. The van der Waals surface area contributed by atoms with Gasteiger partial charge in [-0.05, 0) is 38.0 Å². The number of para-hydroxylation sites is 1. The smallest absolute Gasteiger partial charge is 0.248 e. The molecule has 0 saturated carbocycles. The molecule has 0 aliphatic rings. The molecule has 2 nitrogen and oxygen atoms in total. The Hall–Kier alpha value is -1.57. The van der Waals surface area contributed by atoms with E-state index in [-0.39, 0.29) is 5.91 Å². The SMILES string of the molecule is CC=CC(=O)Nc1c(C)cccc1C. The lowest BCUT2D eigenvalue weighted by Gasteiger charge is -2.09. The third-order valence-electron chi connectivity index (χ3n) is 2.05. The minimum absolute atomic E-state index is 0.0788. The number of rotatable bonds is 2. The number of amides is 1. The van der Waals surface area contributed by atoms with Gasteiger partial charge in [0.05, 0.1) is 0 Å². The molecular formula is C12H15NO. The van der Waals surface area contributed by atoms with Gasteiger partial charge in [0.2, 0.25) is 5.91 Å². The van der Waals surface area contributed by atoms with Gasteiger partial charge in [-0.1, -0.05) is 24.3 Å².